The number of nitrogens with zero attached hydrogens (tertiary/aromatic N) is 2. The maximum atomic E-state index is 13.0. The van der Waals surface area contributed by atoms with Crippen molar-refractivity contribution in [2.45, 2.75) is 18.3 Å². The van der Waals surface area contributed by atoms with Crippen LogP contribution in [0.15, 0.2) is 72.8 Å². The first-order valence-corrected chi connectivity index (χ1v) is 12.6. The third kappa shape index (κ3) is 5.80. The summed E-state index contributed by atoms with van der Waals surface area (Å²) in [6.45, 7) is 1.12. The van der Waals surface area contributed by atoms with Crippen LogP contribution < -0.4 is 9.47 Å². The number of carbonyl (C=O) groups is 2. The van der Waals surface area contributed by atoms with E-state index in [4.69, 9.17) is 9.47 Å². The average molecular weight is 491 g/mol. The van der Waals surface area contributed by atoms with Crippen molar-refractivity contribution in [1.82, 2.24) is 9.80 Å². The van der Waals surface area contributed by atoms with Crippen LogP contribution in [0.2, 0.25) is 0 Å². The fourth-order valence-corrected chi connectivity index (χ4v) is 5.42. The van der Waals surface area contributed by atoms with Crippen molar-refractivity contribution in [3.8, 4) is 11.5 Å². The van der Waals surface area contributed by atoms with Gasteiger partial charge in [0.1, 0.15) is 5.37 Å². The van der Waals surface area contributed by atoms with Gasteiger partial charge in [0.15, 0.2) is 11.5 Å². The predicted octanol–water partition coefficient (Wildman–Crippen LogP) is 4.79. The topological polar surface area (TPSA) is 59.1 Å². The summed E-state index contributed by atoms with van der Waals surface area (Å²) in [7, 11) is 4.97. The van der Waals surface area contributed by atoms with Crippen LogP contribution in [0.5, 0.6) is 11.5 Å². The Morgan fingerprint density at radius 3 is 2.37 bits per heavy atom. The zero-order valence-electron chi connectivity index (χ0n) is 20.3. The van der Waals surface area contributed by atoms with E-state index in [-0.39, 0.29) is 17.2 Å². The van der Waals surface area contributed by atoms with Crippen LogP contribution in [-0.2, 0) is 17.8 Å². The van der Waals surface area contributed by atoms with Gasteiger partial charge in [0, 0.05) is 25.7 Å². The van der Waals surface area contributed by atoms with Crippen LogP contribution in [0.3, 0.4) is 0 Å². The fourth-order valence-electron chi connectivity index (χ4n) is 4.20. The summed E-state index contributed by atoms with van der Waals surface area (Å²) >= 11 is 1.63. The van der Waals surface area contributed by atoms with Crippen molar-refractivity contribution in [2.75, 3.05) is 33.6 Å². The second kappa shape index (κ2) is 11.3. The molecule has 0 aromatic heterocycles. The summed E-state index contributed by atoms with van der Waals surface area (Å²) in [5.41, 5.74) is 3.81. The van der Waals surface area contributed by atoms with Crippen LogP contribution >= 0.6 is 11.8 Å². The number of amides is 2. The zero-order valence-corrected chi connectivity index (χ0v) is 21.1. The minimum atomic E-state index is -0.0672. The molecule has 6 nitrogen and oxygen atoms in total. The third-order valence-electron chi connectivity index (χ3n) is 6.11. The van der Waals surface area contributed by atoms with E-state index in [9.17, 15) is 9.59 Å². The van der Waals surface area contributed by atoms with Gasteiger partial charge in [-0.05, 0) is 47.4 Å². The molecule has 2 amide bonds. The Labute approximate surface area is 210 Å². The molecule has 4 rings (SSSR count). The Morgan fingerprint density at radius 1 is 0.971 bits per heavy atom. The van der Waals surface area contributed by atoms with Gasteiger partial charge in [-0.1, -0.05) is 48.5 Å². The molecule has 0 aliphatic carbocycles. The van der Waals surface area contributed by atoms with Gasteiger partial charge in [-0.15, -0.1) is 11.8 Å². The van der Waals surface area contributed by atoms with Gasteiger partial charge in [-0.3, -0.25) is 9.59 Å². The molecule has 7 heteroatoms. The van der Waals surface area contributed by atoms with E-state index >= 15 is 0 Å². The van der Waals surface area contributed by atoms with E-state index in [1.54, 1.807) is 37.9 Å². The summed E-state index contributed by atoms with van der Waals surface area (Å²) < 4.78 is 10.7. The molecular weight excluding hydrogens is 460 g/mol. The number of ether oxygens (including phenoxy) is 2. The number of benzene rings is 3. The molecule has 1 atom stereocenters. The van der Waals surface area contributed by atoms with E-state index in [0.29, 0.717) is 35.9 Å². The molecule has 35 heavy (non-hydrogen) atoms. The Bertz CT molecular complexity index is 1170. The van der Waals surface area contributed by atoms with Crippen LogP contribution in [-0.4, -0.2) is 55.2 Å². The monoisotopic (exact) mass is 490 g/mol. The van der Waals surface area contributed by atoms with Crippen LogP contribution in [0.1, 0.15) is 32.4 Å². The first-order chi connectivity index (χ1) is 17.0. The van der Waals surface area contributed by atoms with Crippen LogP contribution in [0.4, 0.5) is 0 Å². The molecule has 0 spiro atoms. The number of thioether (sulfide) groups is 1. The maximum Gasteiger partial charge on any atom is 0.253 e. The molecule has 1 aliphatic heterocycles. The second-order valence-corrected chi connectivity index (χ2v) is 9.53. The lowest BCUT2D eigenvalue weighted by Gasteiger charge is -2.24. The highest BCUT2D eigenvalue weighted by Crippen LogP contribution is 2.38. The fraction of sp³-hybridized carbons (Fsp3) is 0.286. The van der Waals surface area contributed by atoms with Crippen molar-refractivity contribution < 1.29 is 19.1 Å². The summed E-state index contributed by atoms with van der Waals surface area (Å²) in [6.07, 6.45) is 0.821. The van der Waals surface area contributed by atoms with Gasteiger partial charge in [-0.25, -0.2) is 0 Å². The molecule has 1 saturated heterocycles. The largest absolute Gasteiger partial charge is 0.493 e. The minimum absolute atomic E-state index is 0.0279. The highest BCUT2D eigenvalue weighted by atomic mass is 32.2. The first-order valence-electron chi connectivity index (χ1n) is 11.5. The van der Waals surface area contributed by atoms with Crippen molar-refractivity contribution in [3.05, 3.63) is 95.1 Å². The highest BCUT2D eigenvalue weighted by molar-refractivity contribution is 8.00. The van der Waals surface area contributed by atoms with Gasteiger partial charge in [-0.2, -0.15) is 0 Å². The summed E-state index contributed by atoms with van der Waals surface area (Å²) in [5, 5.41) is -0.0279. The zero-order chi connectivity index (χ0) is 24.8. The number of rotatable bonds is 9. The Hall–Kier alpha value is -3.45. The maximum absolute atomic E-state index is 13.0. The molecular formula is C28H30N2O4S. The third-order valence-corrected chi connectivity index (χ3v) is 7.37. The van der Waals surface area contributed by atoms with Crippen molar-refractivity contribution in [2.24, 2.45) is 0 Å². The summed E-state index contributed by atoms with van der Waals surface area (Å²) in [4.78, 5) is 29.2. The van der Waals surface area contributed by atoms with E-state index in [2.05, 4.69) is 12.1 Å². The van der Waals surface area contributed by atoms with Gasteiger partial charge < -0.3 is 19.3 Å². The first kappa shape index (κ1) is 24.7. The second-order valence-electron chi connectivity index (χ2n) is 8.46. The molecule has 0 radical (unpaired) electrons. The van der Waals surface area contributed by atoms with Gasteiger partial charge in [0.05, 0.1) is 20.0 Å². The SMILES string of the molecule is COc1ccc(CN(C)C(=O)c2ccc([C@H]3SCC(=O)N3CCc3ccccc3)cc2)cc1OC. The normalized spacial score (nSPS) is 15.2. The Morgan fingerprint density at radius 2 is 1.69 bits per heavy atom. The molecule has 0 bridgehead atoms. The van der Waals surface area contributed by atoms with E-state index in [1.807, 2.05) is 65.6 Å². The summed E-state index contributed by atoms with van der Waals surface area (Å²) in [6, 6.07) is 23.5. The number of hydrogen-bond donors (Lipinski definition) is 0. The van der Waals surface area contributed by atoms with Crippen molar-refractivity contribution in [3.63, 3.8) is 0 Å². The molecule has 3 aromatic rings. The van der Waals surface area contributed by atoms with E-state index in [1.165, 1.54) is 5.56 Å². The van der Waals surface area contributed by atoms with E-state index < -0.39 is 0 Å². The van der Waals surface area contributed by atoms with Gasteiger partial charge >= 0.3 is 0 Å². The molecule has 0 N–H and O–H groups in total. The quantitative estimate of drug-likeness (QED) is 0.432. The standard InChI is InChI=1S/C28H30N2O4S/c1-29(18-21-9-14-24(33-2)25(17-21)34-3)27(32)22-10-12-23(13-11-22)28-30(26(31)19-35-28)16-15-20-7-5-4-6-8-20/h4-14,17,28H,15-16,18-19H2,1-3H3/t28-/m1/s1. The van der Waals surface area contributed by atoms with Crippen LogP contribution in [0.25, 0.3) is 0 Å². The Balaban J connectivity index is 1.41. The molecule has 1 heterocycles. The Kier molecular flexibility index (Phi) is 7.98. The van der Waals surface area contributed by atoms with Crippen LogP contribution in [0, 0.1) is 0 Å². The summed E-state index contributed by atoms with van der Waals surface area (Å²) in [5.74, 6) is 1.86. The van der Waals surface area contributed by atoms with Crippen molar-refractivity contribution in [1.29, 1.82) is 0 Å². The molecule has 1 aliphatic rings. The lowest BCUT2D eigenvalue weighted by atomic mass is 10.1. The van der Waals surface area contributed by atoms with Gasteiger partial charge in [0.2, 0.25) is 5.91 Å². The molecule has 0 unspecified atom stereocenters. The molecule has 1 fully saturated rings. The highest BCUT2D eigenvalue weighted by Gasteiger charge is 2.32. The van der Waals surface area contributed by atoms with E-state index in [0.717, 1.165) is 17.5 Å². The molecule has 0 saturated carbocycles. The number of carbonyl (C=O) groups excluding carboxylic acids is 2. The number of methoxy groups -OCH3 is 2. The predicted molar refractivity (Wildman–Crippen MR) is 139 cm³/mol. The number of hydrogen-bond acceptors (Lipinski definition) is 5. The van der Waals surface area contributed by atoms with Gasteiger partial charge in [0.25, 0.3) is 5.91 Å². The molecule has 182 valence electrons. The molecule has 3 aromatic carbocycles. The smallest absolute Gasteiger partial charge is 0.253 e. The lowest BCUT2D eigenvalue weighted by molar-refractivity contribution is -0.128. The van der Waals surface area contributed by atoms with Crippen molar-refractivity contribution >= 4 is 23.6 Å². The average Bonchev–Trinajstić information content (AvgIpc) is 3.27. The lowest BCUT2D eigenvalue weighted by Crippen LogP contribution is -2.30. The minimum Gasteiger partial charge on any atom is -0.493 e.